The van der Waals surface area contributed by atoms with Crippen molar-refractivity contribution in [3.63, 3.8) is 0 Å². The fraction of sp³-hybridized carbons (Fsp3) is 0.933. The van der Waals surface area contributed by atoms with Crippen molar-refractivity contribution >= 4 is 5.78 Å². The molecule has 2 aliphatic carbocycles. The van der Waals surface area contributed by atoms with Crippen LogP contribution < -0.4 is 0 Å². The molecular weight excluding hydrogens is 228 g/mol. The maximum Gasteiger partial charge on any atom is 0.174 e. The van der Waals surface area contributed by atoms with Crippen molar-refractivity contribution < 1.29 is 14.3 Å². The maximum atomic E-state index is 12.0. The minimum absolute atomic E-state index is 0.00884. The summed E-state index contributed by atoms with van der Waals surface area (Å²) in [7, 11) is 0. The van der Waals surface area contributed by atoms with Crippen LogP contribution in [0.2, 0.25) is 0 Å². The number of hydrogen-bond acceptors (Lipinski definition) is 3. The highest BCUT2D eigenvalue weighted by atomic mass is 16.7. The third-order valence-electron chi connectivity index (χ3n) is 6.25. The summed E-state index contributed by atoms with van der Waals surface area (Å²) in [5.41, 5.74) is 0.0342. The molecule has 1 saturated heterocycles. The Morgan fingerprint density at radius 1 is 1.11 bits per heavy atom. The van der Waals surface area contributed by atoms with Gasteiger partial charge in [0, 0.05) is 17.8 Å². The first-order chi connectivity index (χ1) is 8.45. The molecule has 1 spiro atoms. The van der Waals surface area contributed by atoms with Gasteiger partial charge < -0.3 is 9.47 Å². The first kappa shape index (κ1) is 12.6. The van der Waals surface area contributed by atoms with Gasteiger partial charge in [0.25, 0.3) is 0 Å². The zero-order valence-electron chi connectivity index (χ0n) is 11.8. The van der Waals surface area contributed by atoms with Crippen molar-refractivity contribution in [2.75, 3.05) is 13.2 Å². The lowest BCUT2D eigenvalue weighted by molar-refractivity contribution is -0.283. The van der Waals surface area contributed by atoms with Gasteiger partial charge in [-0.3, -0.25) is 4.79 Å². The van der Waals surface area contributed by atoms with E-state index in [0.29, 0.717) is 19.0 Å². The quantitative estimate of drug-likeness (QED) is 0.720. The van der Waals surface area contributed by atoms with Crippen molar-refractivity contribution in [3.8, 4) is 0 Å². The summed E-state index contributed by atoms with van der Waals surface area (Å²) in [6, 6.07) is 0. The van der Waals surface area contributed by atoms with Crippen molar-refractivity contribution in [1.29, 1.82) is 0 Å². The summed E-state index contributed by atoms with van der Waals surface area (Å²) >= 11 is 0. The fourth-order valence-corrected chi connectivity index (χ4v) is 5.03. The third kappa shape index (κ3) is 1.30. The van der Waals surface area contributed by atoms with E-state index in [2.05, 4.69) is 13.8 Å². The second-order valence-electron chi connectivity index (χ2n) is 6.75. The van der Waals surface area contributed by atoms with E-state index in [0.717, 1.165) is 32.1 Å². The first-order valence-electron chi connectivity index (χ1n) is 7.24. The molecule has 3 nitrogen and oxygen atoms in total. The monoisotopic (exact) mass is 252 g/mol. The van der Waals surface area contributed by atoms with Gasteiger partial charge in [-0.1, -0.05) is 13.8 Å². The molecule has 3 aliphatic rings. The average molecular weight is 252 g/mol. The minimum atomic E-state index is -0.412. The fourth-order valence-electron chi connectivity index (χ4n) is 5.03. The smallest absolute Gasteiger partial charge is 0.174 e. The zero-order chi connectivity index (χ0) is 13.0. The molecule has 0 aromatic rings. The molecule has 1 heterocycles. The Labute approximate surface area is 109 Å². The normalized spacial score (nSPS) is 46.3. The van der Waals surface area contributed by atoms with Gasteiger partial charge in [0.1, 0.15) is 5.78 Å². The second kappa shape index (κ2) is 3.80. The van der Waals surface area contributed by atoms with Crippen LogP contribution in [0.25, 0.3) is 0 Å². The van der Waals surface area contributed by atoms with E-state index in [1.165, 1.54) is 0 Å². The van der Waals surface area contributed by atoms with Crippen molar-refractivity contribution in [3.05, 3.63) is 0 Å². The van der Waals surface area contributed by atoms with Crippen LogP contribution in [0.3, 0.4) is 0 Å². The van der Waals surface area contributed by atoms with Crippen LogP contribution in [0.15, 0.2) is 0 Å². The van der Waals surface area contributed by atoms with Gasteiger partial charge in [-0.05, 0) is 38.0 Å². The largest absolute Gasteiger partial charge is 0.347 e. The molecule has 0 aromatic carbocycles. The van der Waals surface area contributed by atoms with E-state index in [9.17, 15) is 4.79 Å². The number of carbonyl (C=O) groups is 1. The van der Waals surface area contributed by atoms with E-state index in [4.69, 9.17) is 9.47 Å². The molecule has 102 valence electrons. The molecular formula is C15H24O3. The Bertz CT molecular complexity index is 372. The second-order valence-corrected chi connectivity index (χ2v) is 6.75. The van der Waals surface area contributed by atoms with E-state index in [1.807, 2.05) is 0 Å². The van der Waals surface area contributed by atoms with Gasteiger partial charge in [-0.15, -0.1) is 0 Å². The average Bonchev–Trinajstić information content (AvgIpc) is 2.86. The molecule has 18 heavy (non-hydrogen) atoms. The standard InChI is InChI=1S/C15H24O3/c1-11(16)12-5-8-14(3)13(12,2)6-4-7-15(14)17-9-10-18-15/h12H,4-10H2,1-3H3/t12-,13-,14-/m1/s1. The molecule has 0 amide bonds. The molecule has 0 N–H and O–H groups in total. The third-order valence-corrected chi connectivity index (χ3v) is 6.25. The predicted octanol–water partition coefficient (Wildman–Crippen LogP) is 2.93. The maximum absolute atomic E-state index is 12.0. The van der Waals surface area contributed by atoms with Crippen LogP contribution in [0.1, 0.15) is 52.9 Å². The number of carbonyl (C=O) groups excluding carboxylic acids is 1. The van der Waals surface area contributed by atoms with Crippen LogP contribution in [0.4, 0.5) is 0 Å². The first-order valence-corrected chi connectivity index (χ1v) is 7.24. The number of hydrogen-bond donors (Lipinski definition) is 0. The Hall–Kier alpha value is -0.410. The summed E-state index contributed by atoms with van der Waals surface area (Å²) in [4.78, 5) is 12.0. The molecule has 3 fully saturated rings. The zero-order valence-corrected chi connectivity index (χ0v) is 11.8. The molecule has 0 radical (unpaired) electrons. The minimum Gasteiger partial charge on any atom is -0.347 e. The van der Waals surface area contributed by atoms with Crippen molar-refractivity contribution in [2.45, 2.75) is 58.7 Å². The van der Waals surface area contributed by atoms with Crippen LogP contribution >= 0.6 is 0 Å². The van der Waals surface area contributed by atoms with Gasteiger partial charge in [-0.2, -0.15) is 0 Å². The van der Waals surface area contributed by atoms with Crippen LogP contribution in [0.5, 0.6) is 0 Å². The summed E-state index contributed by atoms with van der Waals surface area (Å²) in [5.74, 6) is 0.119. The SMILES string of the molecule is CC(=O)[C@H]1CC[C@@]2(C)C3(CCC[C@]12C)OCCO3. The highest BCUT2D eigenvalue weighted by Crippen LogP contribution is 2.68. The van der Waals surface area contributed by atoms with Crippen molar-refractivity contribution in [1.82, 2.24) is 0 Å². The number of ether oxygens (including phenoxy) is 2. The number of fused-ring (bicyclic) bond motifs is 2. The molecule has 3 rings (SSSR count). The molecule has 0 aromatic heterocycles. The van der Waals surface area contributed by atoms with Crippen LogP contribution in [-0.2, 0) is 14.3 Å². The van der Waals surface area contributed by atoms with Gasteiger partial charge in [0.15, 0.2) is 5.79 Å². The summed E-state index contributed by atoms with van der Waals surface area (Å²) in [5, 5.41) is 0. The highest BCUT2D eigenvalue weighted by Gasteiger charge is 2.68. The molecule has 1 aliphatic heterocycles. The van der Waals surface area contributed by atoms with Gasteiger partial charge in [0.05, 0.1) is 13.2 Å². The molecule has 0 bridgehead atoms. The Morgan fingerprint density at radius 3 is 2.39 bits per heavy atom. The Kier molecular flexibility index (Phi) is 2.66. The predicted molar refractivity (Wildman–Crippen MR) is 68.1 cm³/mol. The lowest BCUT2D eigenvalue weighted by Gasteiger charge is -2.56. The summed E-state index contributed by atoms with van der Waals surface area (Å²) < 4.78 is 12.1. The topological polar surface area (TPSA) is 35.5 Å². The molecule has 3 atom stereocenters. The molecule has 0 unspecified atom stereocenters. The number of Topliss-reactive ketones (excluding diaryl/α,β-unsaturated/α-hetero) is 1. The van der Waals surface area contributed by atoms with Crippen LogP contribution in [0, 0.1) is 16.7 Å². The molecule has 2 saturated carbocycles. The van der Waals surface area contributed by atoms with Crippen LogP contribution in [-0.4, -0.2) is 24.8 Å². The summed E-state index contributed by atoms with van der Waals surface area (Å²) in [6.45, 7) is 7.74. The summed E-state index contributed by atoms with van der Waals surface area (Å²) in [6.07, 6.45) is 5.27. The molecule has 3 heteroatoms. The van der Waals surface area contributed by atoms with E-state index >= 15 is 0 Å². The van der Waals surface area contributed by atoms with E-state index < -0.39 is 5.79 Å². The van der Waals surface area contributed by atoms with E-state index in [-0.39, 0.29) is 16.7 Å². The van der Waals surface area contributed by atoms with Gasteiger partial charge in [0.2, 0.25) is 0 Å². The van der Waals surface area contributed by atoms with Crippen molar-refractivity contribution in [2.24, 2.45) is 16.7 Å². The highest BCUT2D eigenvalue weighted by molar-refractivity contribution is 5.79. The van der Waals surface area contributed by atoms with Gasteiger partial charge in [-0.25, -0.2) is 0 Å². The lowest BCUT2D eigenvalue weighted by Crippen LogP contribution is -2.58. The number of ketones is 1. The lowest BCUT2D eigenvalue weighted by atomic mass is 9.54. The van der Waals surface area contributed by atoms with Gasteiger partial charge >= 0.3 is 0 Å². The Morgan fingerprint density at radius 2 is 1.78 bits per heavy atom. The Balaban J connectivity index is 2.03. The number of rotatable bonds is 1. The van der Waals surface area contributed by atoms with E-state index in [1.54, 1.807) is 6.92 Å².